The Hall–Kier alpha value is 0.520. The first kappa shape index (κ1) is 10.6. The highest BCUT2D eigenvalue weighted by molar-refractivity contribution is 9.13. The first-order valence-electron chi connectivity index (χ1n) is 2.95. The summed E-state index contributed by atoms with van der Waals surface area (Å²) >= 11 is 9.35. The van der Waals surface area contributed by atoms with E-state index in [9.17, 15) is 8.78 Å². The third-order valence-corrected chi connectivity index (χ3v) is 3.76. The lowest BCUT2D eigenvalue weighted by molar-refractivity contribution is 0.150. The molecule has 0 aromatic heterocycles. The van der Waals surface area contributed by atoms with E-state index in [1.165, 1.54) is 6.07 Å². The van der Waals surface area contributed by atoms with E-state index in [4.69, 9.17) is 0 Å². The molecule has 0 saturated heterocycles. The number of rotatable bonds is 1. The summed E-state index contributed by atoms with van der Waals surface area (Å²) < 4.78 is 26.3. The van der Waals surface area contributed by atoms with E-state index in [1.54, 1.807) is 6.07 Å². The number of hydrogen-bond acceptors (Lipinski definition) is 0. The fraction of sp³-hybridized carbons (Fsp3) is 0.143. The minimum absolute atomic E-state index is 0.0174. The molecule has 0 radical (unpaired) electrons. The van der Waals surface area contributed by atoms with E-state index in [0.717, 1.165) is 0 Å². The summed E-state index contributed by atoms with van der Waals surface area (Å²) in [6, 6.07) is 3.09. The molecule has 5 heteroatoms. The largest absolute Gasteiger partial charge is 0.265 e. The van der Waals surface area contributed by atoms with Crippen LogP contribution in [-0.4, -0.2) is 0 Å². The van der Waals surface area contributed by atoms with Crippen LogP contribution in [0, 0.1) is 0 Å². The lowest BCUT2D eigenvalue weighted by Crippen LogP contribution is -1.87. The van der Waals surface area contributed by atoms with Gasteiger partial charge in [-0.15, -0.1) is 0 Å². The lowest BCUT2D eigenvalue weighted by atomic mass is 10.2. The van der Waals surface area contributed by atoms with Gasteiger partial charge in [-0.1, -0.05) is 15.9 Å². The van der Waals surface area contributed by atoms with E-state index in [1.807, 2.05) is 0 Å². The monoisotopic (exact) mass is 362 g/mol. The molecule has 0 fully saturated rings. The average molecular weight is 365 g/mol. The maximum atomic E-state index is 12.3. The molecular weight excluding hydrogens is 362 g/mol. The van der Waals surface area contributed by atoms with Gasteiger partial charge in [-0.05, 0) is 44.0 Å². The Bertz CT molecular complexity index is 299. The molecule has 0 N–H and O–H groups in total. The number of alkyl halides is 2. The smallest absolute Gasteiger partial charge is 0.205 e. The zero-order valence-electron chi connectivity index (χ0n) is 5.62. The van der Waals surface area contributed by atoms with Crippen LogP contribution in [-0.2, 0) is 0 Å². The molecule has 0 aliphatic heterocycles. The number of benzene rings is 1. The van der Waals surface area contributed by atoms with Gasteiger partial charge in [0.15, 0.2) is 0 Å². The van der Waals surface area contributed by atoms with Crippen molar-refractivity contribution in [2.24, 2.45) is 0 Å². The van der Waals surface area contributed by atoms with Gasteiger partial charge in [0.25, 0.3) is 6.43 Å². The zero-order valence-corrected chi connectivity index (χ0v) is 10.4. The van der Waals surface area contributed by atoms with Crippen LogP contribution in [0.15, 0.2) is 25.6 Å². The maximum Gasteiger partial charge on any atom is 0.265 e. The van der Waals surface area contributed by atoms with Gasteiger partial charge in [0.1, 0.15) is 0 Å². The Labute approximate surface area is 93.7 Å². The van der Waals surface area contributed by atoms with Crippen molar-refractivity contribution in [3.05, 3.63) is 31.1 Å². The fourth-order valence-corrected chi connectivity index (χ4v) is 2.39. The van der Waals surface area contributed by atoms with E-state index >= 15 is 0 Å². The van der Waals surface area contributed by atoms with Crippen LogP contribution in [0.3, 0.4) is 0 Å². The summed E-state index contributed by atoms with van der Waals surface area (Å²) in [7, 11) is 0. The Balaban J connectivity index is 3.28. The minimum atomic E-state index is -2.46. The topological polar surface area (TPSA) is 0 Å². The molecule has 0 heterocycles. The first-order chi connectivity index (χ1) is 5.52. The molecule has 0 spiro atoms. The van der Waals surface area contributed by atoms with Crippen LogP contribution in [0.2, 0.25) is 0 Å². The summed E-state index contributed by atoms with van der Waals surface area (Å²) in [5.41, 5.74) is -0.0174. The van der Waals surface area contributed by atoms with Crippen molar-refractivity contribution in [3.8, 4) is 0 Å². The molecule has 12 heavy (non-hydrogen) atoms. The standard InChI is InChI=1S/C7H3Br3F2/c8-3-1-4(7(11)12)6(10)5(9)2-3/h1-2,7H. The predicted octanol–water partition coefficient (Wildman–Crippen LogP) is 4.91. The summed E-state index contributed by atoms with van der Waals surface area (Å²) in [6.45, 7) is 0. The van der Waals surface area contributed by atoms with E-state index in [2.05, 4.69) is 47.8 Å². The van der Waals surface area contributed by atoms with E-state index < -0.39 is 6.43 Å². The summed E-state index contributed by atoms with van der Waals surface area (Å²) in [5.74, 6) is 0. The van der Waals surface area contributed by atoms with Gasteiger partial charge in [-0.3, -0.25) is 0 Å². The Morgan fingerprint density at radius 2 is 1.67 bits per heavy atom. The van der Waals surface area contributed by atoms with Crippen LogP contribution in [0.5, 0.6) is 0 Å². The molecule has 0 amide bonds. The fourth-order valence-electron chi connectivity index (χ4n) is 0.735. The van der Waals surface area contributed by atoms with E-state index in [0.29, 0.717) is 13.4 Å². The minimum Gasteiger partial charge on any atom is -0.205 e. The second-order valence-corrected chi connectivity index (χ2v) is 4.65. The summed E-state index contributed by atoms with van der Waals surface area (Å²) in [4.78, 5) is 0. The highest BCUT2D eigenvalue weighted by Gasteiger charge is 2.14. The van der Waals surface area contributed by atoms with Crippen molar-refractivity contribution < 1.29 is 8.78 Å². The van der Waals surface area contributed by atoms with Gasteiger partial charge < -0.3 is 0 Å². The zero-order chi connectivity index (χ0) is 9.30. The molecule has 0 aliphatic carbocycles. The third-order valence-electron chi connectivity index (χ3n) is 1.26. The molecule has 1 aromatic carbocycles. The van der Waals surface area contributed by atoms with Crippen molar-refractivity contribution in [3.63, 3.8) is 0 Å². The molecular formula is C7H3Br3F2. The molecule has 0 atom stereocenters. The first-order valence-corrected chi connectivity index (χ1v) is 5.33. The van der Waals surface area contributed by atoms with Crippen molar-refractivity contribution in [1.29, 1.82) is 0 Å². The second-order valence-electron chi connectivity index (χ2n) is 2.09. The Kier molecular flexibility index (Phi) is 3.67. The summed E-state index contributed by atoms with van der Waals surface area (Å²) in [5, 5.41) is 0. The van der Waals surface area contributed by atoms with Crippen LogP contribution >= 0.6 is 47.8 Å². The number of halogens is 5. The van der Waals surface area contributed by atoms with Gasteiger partial charge >= 0.3 is 0 Å². The second kappa shape index (κ2) is 4.15. The highest BCUT2D eigenvalue weighted by Crippen LogP contribution is 2.35. The highest BCUT2D eigenvalue weighted by atomic mass is 79.9. The normalized spacial score (nSPS) is 10.8. The van der Waals surface area contributed by atoms with Crippen LogP contribution < -0.4 is 0 Å². The van der Waals surface area contributed by atoms with Crippen LogP contribution in [0.25, 0.3) is 0 Å². The molecule has 0 saturated carbocycles. The van der Waals surface area contributed by atoms with E-state index in [-0.39, 0.29) is 5.56 Å². The van der Waals surface area contributed by atoms with Crippen molar-refractivity contribution >= 4 is 47.8 Å². The van der Waals surface area contributed by atoms with Gasteiger partial charge in [-0.25, -0.2) is 8.78 Å². The Morgan fingerprint density at radius 3 is 2.17 bits per heavy atom. The molecule has 66 valence electrons. The van der Waals surface area contributed by atoms with Crippen LogP contribution in [0.1, 0.15) is 12.0 Å². The molecule has 0 nitrogen and oxygen atoms in total. The maximum absolute atomic E-state index is 12.3. The Morgan fingerprint density at radius 1 is 1.08 bits per heavy atom. The van der Waals surface area contributed by atoms with Crippen LogP contribution in [0.4, 0.5) is 8.78 Å². The molecule has 1 rings (SSSR count). The quantitative estimate of drug-likeness (QED) is 0.621. The predicted molar refractivity (Wildman–Crippen MR) is 54.5 cm³/mol. The van der Waals surface area contributed by atoms with Crippen molar-refractivity contribution in [1.82, 2.24) is 0 Å². The van der Waals surface area contributed by atoms with Gasteiger partial charge in [0.2, 0.25) is 0 Å². The lowest BCUT2D eigenvalue weighted by Gasteiger charge is -2.05. The van der Waals surface area contributed by atoms with Gasteiger partial charge in [-0.2, -0.15) is 0 Å². The summed E-state index contributed by atoms with van der Waals surface area (Å²) in [6.07, 6.45) is -2.46. The SMILES string of the molecule is FC(F)c1cc(Br)cc(Br)c1Br. The average Bonchev–Trinajstić information content (AvgIpc) is 1.96. The van der Waals surface area contributed by atoms with Gasteiger partial charge in [0, 0.05) is 19.0 Å². The van der Waals surface area contributed by atoms with Crippen molar-refractivity contribution in [2.45, 2.75) is 6.43 Å². The van der Waals surface area contributed by atoms with Gasteiger partial charge in [0.05, 0.1) is 0 Å². The van der Waals surface area contributed by atoms with Crippen molar-refractivity contribution in [2.75, 3.05) is 0 Å². The number of hydrogen-bond donors (Lipinski definition) is 0. The molecule has 0 aliphatic rings. The molecule has 1 aromatic rings. The third kappa shape index (κ3) is 2.26. The molecule has 0 bridgehead atoms. The molecule has 0 unspecified atom stereocenters.